The van der Waals surface area contributed by atoms with Crippen molar-refractivity contribution in [3.8, 4) is 11.5 Å². The van der Waals surface area contributed by atoms with Crippen molar-refractivity contribution in [1.82, 2.24) is 30.4 Å². The highest BCUT2D eigenvalue weighted by Gasteiger charge is 2.15. The van der Waals surface area contributed by atoms with Crippen LogP contribution in [0.2, 0.25) is 5.02 Å². The van der Waals surface area contributed by atoms with Gasteiger partial charge in [0.1, 0.15) is 5.69 Å². The molecule has 0 aliphatic rings. The predicted molar refractivity (Wildman–Crippen MR) is 83.5 cm³/mol. The van der Waals surface area contributed by atoms with E-state index in [1.54, 1.807) is 0 Å². The van der Waals surface area contributed by atoms with Gasteiger partial charge in [-0.2, -0.15) is 10.3 Å². The van der Waals surface area contributed by atoms with Crippen molar-refractivity contribution in [2.75, 3.05) is 0 Å². The van der Waals surface area contributed by atoms with Crippen molar-refractivity contribution >= 4 is 22.5 Å². The molecule has 4 aromatic rings. The lowest BCUT2D eigenvalue weighted by Gasteiger charge is -2.03. The zero-order valence-electron chi connectivity index (χ0n) is 11.4. The number of benzene rings is 2. The van der Waals surface area contributed by atoms with E-state index in [9.17, 15) is 0 Å². The van der Waals surface area contributed by atoms with Gasteiger partial charge in [0.05, 0.1) is 12.1 Å². The van der Waals surface area contributed by atoms with Gasteiger partial charge in [-0.1, -0.05) is 41.9 Å². The van der Waals surface area contributed by atoms with Gasteiger partial charge >= 0.3 is 0 Å². The average Bonchev–Trinajstić information content (AvgIpc) is 3.18. The monoisotopic (exact) mass is 310 g/mol. The molecule has 0 aliphatic heterocycles. The van der Waals surface area contributed by atoms with Crippen LogP contribution in [0.4, 0.5) is 0 Å². The van der Waals surface area contributed by atoms with Crippen LogP contribution in [0.1, 0.15) is 5.56 Å². The minimum Gasteiger partial charge on any atom is -0.260 e. The molecule has 0 unspecified atom stereocenters. The second kappa shape index (κ2) is 5.23. The number of rotatable bonds is 3. The Morgan fingerprint density at radius 1 is 1.05 bits per heavy atom. The van der Waals surface area contributed by atoms with Gasteiger partial charge in [0.15, 0.2) is 0 Å². The van der Waals surface area contributed by atoms with Crippen LogP contribution in [0.15, 0.2) is 48.5 Å². The molecule has 22 heavy (non-hydrogen) atoms. The highest BCUT2D eigenvalue weighted by Crippen LogP contribution is 2.25. The molecule has 0 fully saturated rings. The van der Waals surface area contributed by atoms with Crippen LogP contribution in [0, 0.1) is 0 Å². The Bertz CT molecular complexity index is 911. The van der Waals surface area contributed by atoms with Crippen molar-refractivity contribution in [2.24, 2.45) is 0 Å². The van der Waals surface area contributed by atoms with E-state index in [0.717, 1.165) is 27.2 Å². The summed E-state index contributed by atoms with van der Waals surface area (Å²) in [7, 11) is 0. The van der Waals surface area contributed by atoms with Crippen LogP contribution >= 0.6 is 11.6 Å². The molecular weight excluding hydrogens is 300 g/mol. The molecule has 0 saturated carbocycles. The van der Waals surface area contributed by atoms with Crippen LogP contribution in [-0.4, -0.2) is 30.4 Å². The SMILES string of the molecule is Clc1ccc(Cn2nc(-c3nn[nH]n3)c3ccccc32)cc1. The molecule has 0 radical (unpaired) electrons. The Hall–Kier alpha value is -2.73. The third kappa shape index (κ3) is 2.23. The molecule has 1 N–H and O–H groups in total. The van der Waals surface area contributed by atoms with Gasteiger partial charge in [0.25, 0.3) is 0 Å². The molecule has 108 valence electrons. The van der Waals surface area contributed by atoms with Crippen LogP contribution in [0.3, 0.4) is 0 Å². The summed E-state index contributed by atoms with van der Waals surface area (Å²) in [4.78, 5) is 0. The number of fused-ring (bicyclic) bond motifs is 1. The number of tetrazole rings is 1. The molecule has 0 atom stereocenters. The van der Waals surface area contributed by atoms with Crippen molar-refractivity contribution in [2.45, 2.75) is 6.54 Å². The van der Waals surface area contributed by atoms with E-state index in [2.05, 4.69) is 25.7 Å². The van der Waals surface area contributed by atoms with Crippen LogP contribution < -0.4 is 0 Å². The van der Waals surface area contributed by atoms with E-state index in [-0.39, 0.29) is 0 Å². The van der Waals surface area contributed by atoms with Crippen molar-refractivity contribution in [1.29, 1.82) is 0 Å². The van der Waals surface area contributed by atoms with Crippen LogP contribution in [-0.2, 0) is 6.54 Å². The van der Waals surface area contributed by atoms with Gasteiger partial charge < -0.3 is 0 Å². The molecule has 2 aromatic heterocycles. The van der Waals surface area contributed by atoms with Gasteiger partial charge in [-0.3, -0.25) is 4.68 Å². The third-order valence-corrected chi connectivity index (χ3v) is 3.71. The summed E-state index contributed by atoms with van der Waals surface area (Å²) in [5, 5.41) is 20.5. The lowest BCUT2D eigenvalue weighted by Crippen LogP contribution is -2.01. The number of para-hydroxylation sites is 1. The summed E-state index contributed by atoms with van der Waals surface area (Å²) in [6.45, 7) is 0.648. The van der Waals surface area contributed by atoms with Crippen LogP contribution in [0.5, 0.6) is 0 Å². The molecule has 2 aromatic carbocycles. The van der Waals surface area contributed by atoms with Crippen LogP contribution in [0.25, 0.3) is 22.4 Å². The third-order valence-electron chi connectivity index (χ3n) is 3.46. The Morgan fingerprint density at radius 3 is 2.64 bits per heavy atom. The van der Waals surface area contributed by atoms with Gasteiger partial charge in [0.2, 0.25) is 5.82 Å². The van der Waals surface area contributed by atoms with E-state index in [0.29, 0.717) is 12.4 Å². The largest absolute Gasteiger partial charge is 0.260 e. The van der Waals surface area contributed by atoms with Gasteiger partial charge in [-0.15, -0.1) is 10.2 Å². The summed E-state index contributed by atoms with van der Waals surface area (Å²) < 4.78 is 1.93. The average molecular weight is 311 g/mol. The predicted octanol–water partition coefficient (Wildman–Crippen LogP) is 2.92. The minimum absolute atomic E-state index is 0.492. The number of nitrogens with zero attached hydrogens (tertiary/aromatic N) is 5. The number of halogens is 1. The maximum absolute atomic E-state index is 5.93. The van der Waals surface area contributed by atoms with Gasteiger partial charge in [0, 0.05) is 10.4 Å². The molecular formula is C15H11ClN6. The van der Waals surface area contributed by atoms with E-state index in [1.165, 1.54) is 0 Å². The maximum atomic E-state index is 5.93. The fourth-order valence-electron chi connectivity index (χ4n) is 2.44. The second-order valence-corrected chi connectivity index (χ2v) is 5.32. The maximum Gasteiger partial charge on any atom is 0.225 e. The summed E-state index contributed by atoms with van der Waals surface area (Å²) in [5.41, 5.74) is 2.87. The zero-order valence-corrected chi connectivity index (χ0v) is 12.2. The summed E-state index contributed by atoms with van der Waals surface area (Å²) >= 11 is 5.93. The minimum atomic E-state index is 0.492. The number of aromatic nitrogens is 6. The molecule has 2 heterocycles. The number of aromatic amines is 1. The number of hydrogen-bond donors (Lipinski definition) is 1. The Labute approximate surface area is 130 Å². The Kier molecular flexibility index (Phi) is 3.08. The molecule has 0 aliphatic carbocycles. The van der Waals surface area contributed by atoms with E-state index >= 15 is 0 Å². The first-order valence-electron chi connectivity index (χ1n) is 6.75. The highest BCUT2D eigenvalue weighted by molar-refractivity contribution is 6.30. The lowest BCUT2D eigenvalue weighted by atomic mass is 10.2. The first kappa shape index (κ1) is 13.0. The number of hydrogen-bond acceptors (Lipinski definition) is 4. The molecule has 0 spiro atoms. The topological polar surface area (TPSA) is 72.3 Å². The van der Waals surface area contributed by atoms with E-state index in [4.69, 9.17) is 11.6 Å². The van der Waals surface area contributed by atoms with Crippen molar-refractivity contribution in [3.63, 3.8) is 0 Å². The lowest BCUT2D eigenvalue weighted by molar-refractivity contribution is 0.713. The molecule has 0 bridgehead atoms. The van der Waals surface area contributed by atoms with Crippen molar-refractivity contribution < 1.29 is 0 Å². The smallest absolute Gasteiger partial charge is 0.225 e. The number of H-pyrrole nitrogens is 1. The highest BCUT2D eigenvalue weighted by atomic mass is 35.5. The zero-order chi connectivity index (χ0) is 14.9. The summed E-state index contributed by atoms with van der Waals surface area (Å²) in [6, 6.07) is 15.7. The first-order chi connectivity index (χ1) is 10.8. The fourth-order valence-corrected chi connectivity index (χ4v) is 2.56. The van der Waals surface area contributed by atoms with E-state index < -0.39 is 0 Å². The normalized spacial score (nSPS) is 11.1. The van der Waals surface area contributed by atoms with E-state index in [1.807, 2.05) is 53.2 Å². The number of nitrogens with one attached hydrogen (secondary N) is 1. The standard InChI is InChI=1S/C15H11ClN6/c16-11-7-5-10(6-8-11)9-22-13-4-2-1-3-12(13)14(19-22)15-17-20-21-18-15/h1-8H,9H2,(H,17,18,20,21). The quantitative estimate of drug-likeness (QED) is 0.631. The summed E-state index contributed by atoms with van der Waals surface area (Å²) in [5.74, 6) is 0.492. The van der Waals surface area contributed by atoms with Crippen molar-refractivity contribution in [3.05, 3.63) is 59.1 Å². The van der Waals surface area contributed by atoms with Gasteiger partial charge in [-0.25, -0.2) is 0 Å². The first-order valence-corrected chi connectivity index (χ1v) is 7.13. The molecule has 7 heteroatoms. The molecule has 0 saturated heterocycles. The second-order valence-electron chi connectivity index (χ2n) is 4.89. The van der Waals surface area contributed by atoms with Gasteiger partial charge in [-0.05, 0) is 29.0 Å². The molecule has 6 nitrogen and oxygen atoms in total. The Morgan fingerprint density at radius 2 is 1.86 bits per heavy atom. The fraction of sp³-hybridized carbons (Fsp3) is 0.0667. The Balaban J connectivity index is 1.82. The molecule has 4 rings (SSSR count). The summed E-state index contributed by atoms with van der Waals surface area (Å²) in [6.07, 6.45) is 0. The molecule has 0 amide bonds.